The number of ether oxygens (including phenoxy) is 1. The predicted octanol–water partition coefficient (Wildman–Crippen LogP) is 3.77. The van der Waals surface area contributed by atoms with Gasteiger partial charge >= 0.3 is 0 Å². The lowest BCUT2D eigenvalue weighted by molar-refractivity contribution is 0.0955. The molecule has 1 amide bonds. The van der Waals surface area contributed by atoms with Crippen molar-refractivity contribution in [1.29, 1.82) is 0 Å². The molecule has 0 unspecified atom stereocenters. The maximum absolute atomic E-state index is 11.9. The monoisotopic (exact) mass is 322 g/mol. The maximum Gasteiger partial charge on any atom is 0.271 e. The minimum absolute atomic E-state index is 0.336. The molecule has 0 radical (unpaired) electrons. The summed E-state index contributed by atoms with van der Waals surface area (Å²) in [7, 11) is 1.56. The molecule has 21 heavy (non-hydrogen) atoms. The smallest absolute Gasteiger partial charge is 0.271 e. The Balaban J connectivity index is 2.05. The molecule has 0 bridgehead atoms. The number of rotatable bonds is 4. The quantitative estimate of drug-likeness (QED) is 0.688. The molecule has 0 saturated heterocycles. The Morgan fingerprint density at radius 1 is 1.14 bits per heavy atom. The summed E-state index contributed by atoms with van der Waals surface area (Å²) < 4.78 is 5.02. The van der Waals surface area contributed by atoms with Gasteiger partial charge in [0.25, 0.3) is 5.91 Å². The summed E-state index contributed by atoms with van der Waals surface area (Å²) in [6, 6.07) is 11.8. The third-order valence-corrected chi connectivity index (χ3v) is 3.37. The van der Waals surface area contributed by atoms with Gasteiger partial charge in [-0.3, -0.25) is 4.79 Å². The number of nitrogens with zero attached hydrogens (tertiary/aromatic N) is 1. The van der Waals surface area contributed by atoms with Crippen LogP contribution in [-0.4, -0.2) is 19.2 Å². The van der Waals surface area contributed by atoms with Gasteiger partial charge in [-0.15, -0.1) is 0 Å². The van der Waals surface area contributed by atoms with E-state index >= 15 is 0 Å². The van der Waals surface area contributed by atoms with E-state index in [9.17, 15) is 4.79 Å². The first-order chi connectivity index (χ1) is 10.1. The van der Waals surface area contributed by atoms with Crippen molar-refractivity contribution in [3.8, 4) is 5.75 Å². The van der Waals surface area contributed by atoms with Crippen LogP contribution in [-0.2, 0) is 0 Å². The van der Waals surface area contributed by atoms with Gasteiger partial charge in [0, 0.05) is 11.1 Å². The van der Waals surface area contributed by atoms with Gasteiger partial charge in [0.1, 0.15) is 5.75 Å². The number of methoxy groups -OCH3 is 1. The van der Waals surface area contributed by atoms with Crippen LogP contribution in [0.25, 0.3) is 0 Å². The molecule has 108 valence electrons. The zero-order valence-electron chi connectivity index (χ0n) is 11.1. The third-order valence-electron chi connectivity index (χ3n) is 2.71. The molecule has 0 aliphatic rings. The van der Waals surface area contributed by atoms with Crippen molar-refractivity contribution in [3.63, 3.8) is 0 Å². The van der Waals surface area contributed by atoms with Crippen LogP contribution in [0.5, 0.6) is 5.75 Å². The van der Waals surface area contributed by atoms with Gasteiger partial charge in [0.15, 0.2) is 0 Å². The number of nitrogens with one attached hydrogen (secondary N) is 1. The van der Waals surface area contributed by atoms with E-state index in [0.717, 1.165) is 0 Å². The first kappa shape index (κ1) is 15.4. The highest BCUT2D eigenvalue weighted by molar-refractivity contribution is 6.38. The molecule has 0 fully saturated rings. The van der Waals surface area contributed by atoms with Gasteiger partial charge in [-0.25, -0.2) is 5.43 Å². The molecular weight excluding hydrogens is 311 g/mol. The minimum atomic E-state index is -0.336. The second kappa shape index (κ2) is 7.11. The second-order valence-electron chi connectivity index (χ2n) is 4.06. The van der Waals surface area contributed by atoms with Gasteiger partial charge in [-0.1, -0.05) is 29.3 Å². The average Bonchev–Trinajstić information content (AvgIpc) is 2.50. The summed E-state index contributed by atoms with van der Waals surface area (Å²) in [6.45, 7) is 0. The van der Waals surface area contributed by atoms with E-state index in [-0.39, 0.29) is 5.91 Å². The molecule has 4 nitrogen and oxygen atoms in total. The zero-order chi connectivity index (χ0) is 15.2. The van der Waals surface area contributed by atoms with Crippen LogP contribution in [0.1, 0.15) is 15.9 Å². The third kappa shape index (κ3) is 3.97. The lowest BCUT2D eigenvalue weighted by Gasteiger charge is -2.03. The summed E-state index contributed by atoms with van der Waals surface area (Å²) in [5, 5.41) is 4.78. The van der Waals surface area contributed by atoms with E-state index in [1.54, 1.807) is 49.6 Å². The van der Waals surface area contributed by atoms with Crippen LogP contribution < -0.4 is 10.2 Å². The lowest BCUT2D eigenvalue weighted by atomic mass is 10.2. The maximum atomic E-state index is 11.9. The molecule has 2 aromatic rings. The number of carbonyl (C=O) groups is 1. The number of hydrogen-bond acceptors (Lipinski definition) is 3. The summed E-state index contributed by atoms with van der Waals surface area (Å²) in [5.41, 5.74) is 3.43. The molecule has 0 saturated carbocycles. The van der Waals surface area contributed by atoms with Crippen molar-refractivity contribution in [2.75, 3.05) is 7.11 Å². The van der Waals surface area contributed by atoms with Crippen LogP contribution in [0, 0.1) is 0 Å². The van der Waals surface area contributed by atoms with Crippen molar-refractivity contribution < 1.29 is 9.53 Å². The molecule has 0 spiro atoms. The van der Waals surface area contributed by atoms with E-state index in [4.69, 9.17) is 27.9 Å². The summed E-state index contributed by atoms with van der Waals surface area (Å²) in [6.07, 6.45) is 1.41. The van der Waals surface area contributed by atoms with Crippen molar-refractivity contribution in [3.05, 3.63) is 63.6 Å². The number of hydrazone groups is 1. The van der Waals surface area contributed by atoms with Gasteiger partial charge in [0.2, 0.25) is 0 Å². The van der Waals surface area contributed by atoms with Crippen molar-refractivity contribution >= 4 is 35.3 Å². The molecule has 0 aliphatic heterocycles. The Hall–Kier alpha value is -2.04. The number of benzene rings is 2. The molecule has 1 N–H and O–H groups in total. The molecule has 6 heteroatoms. The molecule has 0 aromatic heterocycles. The van der Waals surface area contributed by atoms with Crippen LogP contribution in [0.4, 0.5) is 0 Å². The number of halogens is 2. The second-order valence-corrected chi connectivity index (χ2v) is 4.88. The fourth-order valence-corrected chi connectivity index (χ4v) is 2.09. The highest BCUT2D eigenvalue weighted by Gasteiger charge is 2.05. The highest BCUT2D eigenvalue weighted by atomic mass is 35.5. The zero-order valence-corrected chi connectivity index (χ0v) is 12.7. The molecule has 2 aromatic carbocycles. The lowest BCUT2D eigenvalue weighted by Crippen LogP contribution is -2.17. The largest absolute Gasteiger partial charge is 0.497 e. The van der Waals surface area contributed by atoms with E-state index < -0.39 is 0 Å². The summed E-state index contributed by atoms with van der Waals surface area (Å²) in [5.74, 6) is 0.343. The molecule has 2 rings (SSSR count). The Bertz CT molecular complexity index is 650. The fraction of sp³-hybridized carbons (Fsp3) is 0.0667. The first-order valence-electron chi connectivity index (χ1n) is 6.03. The van der Waals surface area contributed by atoms with Crippen LogP contribution in [0.15, 0.2) is 47.6 Å². The highest BCUT2D eigenvalue weighted by Crippen LogP contribution is 2.22. The fourth-order valence-electron chi connectivity index (χ4n) is 1.60. The Morgan fingerprint density at radius 2 is 1.76 bits per heavy atom. The van der Waals surface area contributed by atoms with Gasteiger partial charge in [-0.2, -0.15) is 5.10 Å². The Kier molecular flexibility index (Phi) is 5.20. The van der Waals surface area contributed by atoms with E-state index in [2.05, 4.69) is 10.5 Å². The summed E-state index contributed by atoms with van der Waals surface area (Å²) in [4.78, 5) is 11.9. The number of carbonyl (C=O) groups excluding carboxylic acids is 1. The first-order valence-corrected chi connectivity index (χ1v) is 6.79. The van der Waals surface area contributed by atoms with Crippen molar-refractivity contribution in [2.45, 2.75) is 0 Å². The van der Waals surface area contributed by atoms with Crippen LogP contribution >= 0.6 is 23.2 Å². The molecule has 0 aliphatic carbocycles. The van der Waals surface area contributed by atoms with Crippen molar-refractivity contribution in [2.24, 2.45) is 5.10 Å². The minimum Gasteiger partial charge on any atom is -0.497 e. The van der Waals surface area contributed by atoms with Gasteiger partial charge in [-0.05, 0) is 36.4 Å². The van der Waals surface area contributed by atoms with E-state index in [1.807, 2.05) is 0 Å². The molecule has 0 atom stereocenters. The average molecular weight is 323 g/mol. The van der Waals surface area contributed by atoms with E-state index in [1.165, 1.54) is 6.21 Å². The Labute approximate surface area is 132 Å². The Morgan fingerprint density at radius 3 is 2.33 bits per heavy atom. The van der Waals surface area contributed by atoms with Crippen molar-refractivity contribution in [1.82, 2.24) is 5.43 Å². The normalized spacial score (nSPS) is 10.6. The predicted molar refractivity (Wildman–Crippen MR) is 84.5 cm³/mol. The SMILES string of the molecule is COc1ccc(C(=O)N/N=C/c2c(Cl)cccc2Cl)cc1. The number of amides is 1. The standard InChI is InChI=1S/C15H12Cl2N2O2/c1-21-11-7-5-10(6-8-11)15(20)19-18-9-12-13(16)3-2-4-14(12)17/h2-9H,1H3,(H,19,20)/b18-9+. The molecular formula is C15H12Cl2N2O2. The van der Waals surface area contributed by atoms with Gasteiger partial charge in [0.05, 0.1) is 23.4 Å². The van der Waals surface area contributed by atoms with Crippen LogP contribution in [0.2, 0.25) is 10.0 Å². The molecule has 0 heterocycles. The summed E-state index contributed by atoms with van der Waals surface area (Å²) >= 11 is 12.0. The van der Waals surface area contributed by atoms with Gasteiger partial charge < -0.3 is 4.74 Å². The number of hydrogen-bond donors (Lipinski definition) is 1. The topological polar surface area (TPSA) is 50.7 Å². The van der Waals surface area contributed by atoms with E-state index in [0.29, 0.717) is 26.9 Å². The van der Waals surface area contributed by atoms with Crippen LogP contribution in [0.3, 0.4) is 0 Å².